The summed E-state index contributed by atoms with van der Waals surface area (Å²) in [5.74, 6) is 0. The van der Waals surface area contributed by atoms with E-state index in [-0.39, 0.29) is 18.3 Å². The lowest BCUT2D eigenvalue weighted by atomic mass is 10.4. The highest BCUT2D eigenvalue weighted by Gasteiger charge is 2.06. The molecule has 0 aliphatic carbocycles. The first-order valence-electron chi connectivity index (χ1n) is 4.39. The zero-order valence-electron chi connectivity index (χ0n) is 8.61. The predicted octanol–water partition coefficient (Wildman–Crippen LogP) is 0.554. The highest BCUT2D eigenvalue weighted by Crippen LogP contribution is 2.03. The average molecular weight is 198 g/mol. The molecular weight excluding hydrogens is 184 g/mol. The molecule has 0 saturated carbocycles. The third-order valence-corrected chi connectivity index (χ3v) is 1.71. The number of methoxy groups -OCH3 is 1. The van der Waals surface area contributed by atoms with Crippen LogP contribution in [0.1, 0.15) is 12.6 Å². The second-order valence-electron chi connectivity index (χ2n) is 2.77. The summed E-state index contributed by atoms with van der Waals surface area (Å²) in [6, 6.07) is 1.73. The first kappa shape index (κ1) is 10.7. The molecule has 0 bridgehead atoms. The normalized spacial score (nSPS) is 10.2. The molecule has 0 amide bonds. The first-order valence-corrected chi connectivity index (χ1v) is 4.39. The van der Waals surface area contributed by atoms with Crippen molar-refractivity contribution in [3.05, 3.63) is 22.1 Å². The summed E-state index contributed by atoms with van der Waals surface area (Å²) < 4.78 is 11.4. The fraction of sp³-hybridized carbons (Fsp3) is 0.556. The van der Waals surface area contributed by atoms with E-state index in [0.717, 1.165) is 0 Å². The van der Waals surface area contributed by atoms with Crippen molar-refractivity contribution in [2.75, 3.05) is 13.7 Å². The fourth-order valence-corrected chi connectivity index (χ4v) is 1.05. The van der Waals surface area contributed by atoms with Crippen molar-refractivity contribution in [3.63, 3.8) is 0 Å². The van der Waals surface area contributed by atoms with Gasteiger partial charge < -0.3 is 9.47 Å². The standard InChI is InChI=1S/C9H14N2O3/c1-4-14-6-11-8(12)5-7(2)10-9(11)13-3/h5H,4,6H2,1-3H3. The van der Waals surface area contributed by atoms with Crippen LogP contribution in [0, 0.1) is 6.92 Å². The van der Waals surface area contributed by atoms with Gasteiger partial charge in [0.15, 0.2) is 0 Å². The van der Waals surface area contributed by atoms with E-state index in [4.69, 9.17) is 9.47 Å². The van der Waals surface area contributed by atoms with E-state index >= 15 is 0 Å². The molecule has 0 aliphatic heterocycles. The Bertz CT molecular complexity index is 360. The van der Waals surface area contributed by atoms with Gasteiger partial charge in [-0.05, 0) is 13.8 Å². The zero-order chi connectivity index (χ0) is 10.6. The molecule has 0 unspecified atom stereocenters. The van der Waals surface area contributed by atoms with E-state index < -0.39 is 0 Å². The van der Waals surface area contributed by atoms with Gasteiger partial charge >= 0.3 is 6.01 Å². The van der Waals surface area contributed by atoms with Gasteiger partial charge in [-0.1, -0.05) is 0 Å². The van der Waals surface area contributed by atoms with Crippen LogP contribution < -0.4 is 10.3 Å². The smallest absolute Gasteiger partial charge is 0.301 e. The molecule has 0 N–H and O–H groups in total. The molecule has 14 heavy (non-hydrogen) atoms. The molecule has 5 heteroatoms. The van der Waals surface area contributed by atoms with Crippen LogP contribution in [0.4, 0.5) is 0 Å². The molecule has 5 nitrogen and oxygen atoms in total. The van der Waals surface area contributed by atoms with Crippen molar-refractivity contribution in [2.45, 2.75) is 20.6 Å². The number of aromatic nitrogens is 2. The largest absolute Gasteiger partial charge is 0.468 e. The van der Waals surface area contributed by atoms with Gasteiger partial charge in [0.2, 0.25) is 0 Å². The maximum atomic E-state index is 11.5. The van der Waals surface area contributed by atoms with Crippen molar-refractivity contribution in [2.24, 2.45) is 0 Å². The summed E-state index contributed by atoms with van der Waals surface area (Å²) in [5.41, 5.74) is 0.474. The molecule has 1 aromatic heterocycles. The summed E-state index contributed by atoms with van der Waals surface area (Å²) in [6.45, 7) is 4.32. The SMILES string of the molecule is CCOCn1c(OC)nc(C)cc1=O. The van der Waals surface area contributed by atoms with Crippen LogP contribution in [-0.4, -0.2) is 23.3 Å². The van der Waals surface area contributed by atoms with E-state index in [1.165, 1.54) is 17.7 Å². The Balaban J connectivity index is 3.06. The molecule has 1 aromatic rings. The van der Waals surface area contributed by atoms with Crippen LogP contribution >= 0.6 is 0 Å². The third kappa shape index (κ3) is 2.32. The van der Waals surface area contributed by atoms with Crippen LogP contribution in [0.25, 0.3) is 0 Å². The van der Waals surface area contributed by atoms with E-state index in [1.54, 1.807) is 6.92 Å². The average Bonchev–Trinajstić information content (AvgIpc) is 2.15. The Hall–Kier alpha value is -1.36. The van der Waals surface area contributed by atoms with Crippen LogP contribution in [0.3, 0.4) is 0 Å². The van der Waals surface area contributed by atoms with Gasteiger partial charge in [-0.2, -0.15) is 0 Å². The number of nitrogens with zero attached hydrogens (tertiary/aromatic N) is 2. The van der Waals surface area contributed by atoms with Crippen LogP contribution in [-0.2, 0) is 11.5 Å². The number of aryl methyl sites for hydroxylation is 1. The molecule has 78 valence electrons. The molecule has 0 aliphatic rings. The van der Waals surface area contributed by atoms with E-state index in [2.05, 4.69) is 4.98 Å². The summed E-state index contributed by atoms with van der Waals surface area (Å²) in [6.07, 6.45) is 0. The first-order chi connectivity index (χ1) is 6.69. The van der Waals surface area contributed by atoms with Gasteiger partial charge in [0.1, 0.15) is 6.73 Å². The van der Waals surface area contributed by atoms with Gasteiger partial charge in [0, 0.05) is 18.4 Å². The van der Waals surface area contributed by atoms with E-state index in [0.29, 0.717) is 12.3 Å². The van der Waals surface area contributed by atoms with Crippen molar-refractivity contribution in [1.29, 1.82) is 0 Å². The highest BCUT2D eigenvalue weighted by atomic mass is 16.5. The Morgan fingerprint density at radius 2 is 2.29 bits per heavy atom. The molecule has 0 aromatic carbocycles. The third-order valence-electron chi connectivity index (χ3n) is 1.71. The molecule has 1 rings (SSSR count). The maximum absolute atomic E-state index is 11.5. The number of rotatable bonds is 4. The second-order valence-corrected chi connectivity index (χ2v) is 2.77. The number of ether oxygens (including phenoxy) is 2. The Morgan fingerprint density at radius 3 is 2.86 bits per heavy atom. The van der Waals surface area contributed by atoms with Crippen molar-refractivity contribution in [3.8, 4) is 6.01 Å². The fourth-order valence-electron chi connectivity index (χ4n) is 1.05. The molecule has 0 saturated heterocycles. The van der Waals surface area contributed by atoms with Gasteiger partial charge in [0.25, 0.3) is 5.56 Å². The van der Waals surface area contributed by atoms with Gasteiger partial charge in [-0.3, -0.25) is 4.79 Å². The number of hydrogen-bond donors (Lipinski definition) is 0. The lowest BCUT2D eigenvalue weighted by Gasteiger charge is -2.10. The molecular formula is C9H14N2O3. The highest BCUT2D eigenvalue weighted by molar-refractivity contribution is 5.06. The van der Waals surface area contributed by atoms with Gasteiger partial charge in [-0.25, -0.2) is 9.55 Å². The topological polar surface area (TPSA) is 53.4 Å². The second kappa shape index (κ2) is 4.76. The molecule has 0 fully saturated rings. The monoisotopic (exact) mass is 198 g/mol. The predicted molar refractivity (Wildman–Crippen MR) is 51.4 cm³/mol. The zero-order valence-corrected chi connectivity index (χ0v) is 8.61. The van der Waals surface area contributed by atoms with Crippen LogP contribution in [0.15, 0.2) is 10.9 Å². The number of hydrogen-bond acceptors (Lipinski definition) is 4. The van der Waals surface area contributed by atoms with Crippen molar-refractivity contribution in [1.82, 2.24) is 9.55 Å². The Labute approximate surface area is 82.3 Å². The summed E-state index contributed by atoms with van der Waals surface area (Å²) >= 11 is 0. The Kier molecular flexibility index (Phi) is 3.64. The molecule has 1 heterocycles. The van der Waals surface area contributed by atoms with Gasteiger partial charge in [0.05, 0.1) is 7.11 Å². The van der Waals surface area contributed by atoms with Crippen molar-refractivity contribution < 1.29 is 9.47 Å². The van der Waals surface area contributed by atoms with Crippen molar-refractivity contribution >= 4 is 0 Å². The minimum atomic E-state index is -0.164. The molecule has 0 radical (unpaired) electrons. The van der Waals surface area contributed by atoms with E-state index in [9.17, 15) is 4.79 Å². The minimum Gasteiger partial charge on any atom is -0.468 e. The lowest BCUT2D eigenvalue weighted by molar-refractivity contribution is 0.0774. The molecule has 0 atom stereocenters. The maximum Gasteiger partial charge on any atom is 0.301 e. The summed E-state index contributed by atoms with van der Waals surface area (Å²) in [5, 5.41) is 0. The summed E-state index contributed by atoms with van der Waals surface area (Å²) in [7, 11) is 1.48. The van der Waals surface area contributed by atoms with E-state index in [1.807, 2.05) is 6.92 Å². The lowest BCUT2D eigenvalue weighted by Crippen LogP contribution is -2.23. The van der Waals surface area contributed by atoms with Crippen LogP contribution in [0.2, 0.25) is 0 Å². The quantitative estimate of drug-likeness (QED) is 0.709. The molecule has 0 spiro atoms. The van der Waals surface area contributed by atoms with Gasteiger partial charge in [-0.15, -0.1) is 0 Å². The summed E-state index contributed by atoms with van der Waals surface area (Å²) in [4.78, 5) is 15.6. The minimum absolute atomic E-state index is 0.164. The Morgan fingerprint density at radius 1 is 1.57 bits per heavy atom. The van der Waals surface area contributed by atoms with Crippen LogP contribution in [0.5, 0.6) is 6.01 Å².